The van der Waals surface area contributed by atoms with Gasteiger partial charge in [-0.15, -0.1) is 10.2 Å². The second-order valence-electron chi connectivity index (χ2n) is 3.69. The van der Waals surface area contributed by atoms with Crippen LogP contribution in [-0.2, 0) is 0 Å². The van der Waals surface area contributed by atoms with Crippen LogP contribution in [0.15, 0.2) is 30.3 Å². The maximum atomic E-state index is 12.0. The highest BCUT2D eigenvalue weighted by Crippen LogP contribution is 2.28. The Morgan fingerprint density at radius 2 is 2.15 bits per heavy atom. The summed E-state index contributed by atoms with van der Waals surface area (Å²) in [4.78, 5) is 12.0. The molecule has 0 aliphatic rings. The Hall–Kier alpha value is -2.65. The van der Waals surface area contributed by atoms with Crippen molar-refractivity contribution >= 4 is 23.2 Å². The van der Waals surface area contributed by atoms with Crippen LogP contribution >= 0.6 is 11.6 Å². The number of benzene rings is 1. The summed E-state index contributed by atoms with van der Waals surface area (Å²) in [5.41, 5.74) is 0.670. The zero-order valence-electron chi connectivity index (χ0n) is 10.4. The Balaban J connectivity index is 2.32. The number of amides is 1. The number of nitrogens with zero attached hydrogens (tertiary/aromatic N) is 3. The Morgan fingerprint density at radius 3 is 2.75 bits per heavy atom. The number of nitriles is 1. The molecule has 0 saturated heterocycles. The van der Waals surface area contributed by atoms with Crippen molar-refractivity contribution in [2.24, 2.45) is 0 Å². The first-order valence-corrected chi connectivity index (χ1v) is 5.91. The molecule has 20 heavy (non-hydrogen) atoms. The molecule has 7 heteroatoms. The van der Waals surface area contributed by atoms with Gasteiger partial charge >= 0.3 is 0 Å². The van der Waals surface area contributed by atoms with Crippen molar-refractivity contribution in [3.8, 4) is 11.8 Å². The zero-order chi connectivity index (χ0) is 14.5. The van der Waals surface area contributed by atoms with E-state index >= 15 is 0 Å². The van der Waals surface area contributed by atoms with Crippen molar-refractivity contribution in [1.82, 2.24) is 10.2 Å². The number of aromatic nitrogens is 2. The molecule has 0 unspecified atom stereocenters. The van der Waals surface area contributed by atoms with Crippen molar-refractivity contribution in [3.05, 3.63) is 46.7 Å². The molecular formula is C13H9ClN4O2. The molecule has 2 aromatic rings. The van der Waals surface area contributed by atoms with E-state index < -0.39 is 5.91 Å². The highest BCUT2D eigenvalue weighted by Gasteiger charge is 2.14. The molecule has 0 fully saturated rings. The number of hydrogen-bond donors (Lipinski definition) is 1. The molecule has 1 aromatic heterocycles. The summed E-state index contributed by atoms with van der Waals surface area (Å²) in [6.45, 7) is 0. The predicted molar refractivity (Wildman–Crippen MR) is 72.7 cm³/mol. The van der Waals surface area contributed by atoms with Crippen LogP contribution in [0.25, 0.3) is 0 Å². The largest absolute Gasteiger partial charge is 0.495 e. The Bertz CT molecular complexity index is 680. The van der Waals surface area contributed by atoms with Gasteiger partial charge < -0.3 is 10.1 Å². The smallest absolute Gasteiger partial charge is 0.276 e. The van der Waals surface area contributed by atoms with Gasteiger partial charge in [0.05, 0.1) is 12.7 Å². The molecule has 0 aliphatic heterocycles. The quantitative estimate of drug-likeness (QED) is 0.936. The fraction of sp³-hybridized carbons (Fsp3) is 0.0769. The van der Waals surface area contributed by atoms with Gasteiger partial charge in [0, 0.05) is 0 Å². The van der Waals surface area contributed by atoms with E-state index in [2.05, 4.69) is 15.5 Å². The van der Waals surface area contributed by atoms with Crippen LogP contribution in [0.5, 0.6) is 5.75 Å². The molecule has 0 spiro atoms. The van der Waals surface area contributed by atoms with Crippen LogP contribution in [0.1, 0.15) is 16.1 Å². The van der Waals surface area contributed by atoms with Crippen molar-refractivity contribution < 1.29 is 9.53 Å². The molecule has 0 bridgehead atoms. The standard InChI is InChI=1S/C13H9ClN4O2/c1-20-10-4-2-3-8(7-15)12(10)16-13(19)9-5-6-11(14)18-17-9/h2-6H,1H3,(H,16,19). The lowest BCUT2D eigenvalue weighted by molar-refractivity contribution is 0.102. The predicted octanol–water partition coefficient (Wildman–Crippen LogP) is 2.26. The first-order valence-electron chi connectivity index (χ1n) is 5.53. The normalized spacial score (nSPS) is 9.65. The molecule has 100 valence electrons. The van der Waals surface area contributed by atoms with E-state index in [9.17, 15) is 4.79 Å². The summed E-state index contributed by atoms with van der Waals surface area (Å²) in [7, 11) is 1.45. The van der Waals surface area contributed by atoms with Crippen LogP contribution in [0, 0.1) is 11.3 Å². The fourth-order valence-corrected chi connectivity index (χ4v) is 1.64. The maximum Gasteiger partial charge on any atom is 0.276 e. The third kappa shape index (κ3) is 2.84. The van der Waals surface area contributed by atoms with Gasteiger partial charge in [0.1, 0.15) is 17.5 Å². The van der Waals surface area contributed by atoms with Gasteiger partial charge in [-0.2, -0.15) is 5.26 Å². The van der Waals surface area contributed by atoms with E-state index in [1.807, 2.05) is 6.07 Å². The molecule has 0 atom stereocenters. The SMILES string of the molecule is COc1cccc(C#N)c1NC(=O)c1ccc(Cl)nn1. The van der Waals surface area contributed by atoms with Crippen LogP contribution in [0.2, 0.25) is 5.15 Å². The van der Waals surface area contributed by atoms with Gasteiger partial charge in [-0.05, 0) is 24.3 Å². The molecule has 0 aliphatic carbocycles. The number of rotatable bonds is 3. The first-order chi connectivity index (χ1) is 9.65. The second-order valence-corrected chi connectivity index (χ2v) is 4.08. The van der Waals surface area contributed by atoms with Gasteiger partial charge in [0.25, 0.3) is 5.91 Å². The lowest BCUT2D eigenvalue weighted by Crippen LogP contribution is -2.15. The lowest BCUT2D eigenvalue weighted by Gasteiger charge is -2.10. The highest BCUT2D eigenvalue weighted by atomic mass is 35.5. The zero-order valence-corrected chi connectivity index (χ0v) is 11.2. The Kier molecular flexibility index (Phi) is 4.13. The van der Waals surface area contributed by atoms with Gasteiger partial charge in [-0.25, -0.2) is 0 Å². The van der Waals surface area contributed by atoms with E-state index in [0.717, 1.165) is 0 Å². The number of carbonyl (C=O) groups is 1. The van der Waals surface area contributed by atoms with Gasteiger partial charge in [-0.1, -0.05) is 17.7 Å². The number of methoxy groups -OCH3 is 1. The summed E-state index contributed by atoms with van der Waals surface area (Å²) in [5, 5.41) is 19.1. The third-order valence-electron chi connectivity index (χ3n) is 2.47. The number of carbonyl (C=O) groups excluding carboxylic acids is 1. The van der Waals surface area contributed by atoms with Gasteiger partial charge in [0.2, 0.25) is 0 Å². The summed E-state index contributed by atoms with van der Waals surface area (Å²) < 4.78 is 5.12. The molecule has 2 rings (SSSR count). The highest BCUT2D eigenvalue weighted by molar-refractivity contribution is 6.29. The summed E-state index contributed by atoms with van der Waals surface area (Å²) in [5.74, 6) is -0.116. The van der Waals surface area contributed by atoms with Crippen LogP contribution in [0.4, 0.5) is 5.69 Å². The topological polar surface area (TPSA) is 87.9 Å². The molecule has 1 heterocycles. The summed E-state index contributed by atoms with van der Waals surface area (Å²) in [6.07, 6.45) is 0. The summed E-state index contributed by atoms with van der Waals surface area (Å²) >= 11 is 5.60. The number of ether oxygens (including phenoxy) is 1. The van der Waals surface area contributed by atoms with Crippen molar-refractivity contribution in [1.29, 1.82) is 5.26 Å². The van der Waals surface area contributed by atoms with E-state index in [1.165, 1.54) is 19.2 Å². The third-order valence-corrected chi connectivity index (χ3v) is 2.67. The molecule has 1 N–H and O–H groups in total. The van der Waals surface area contributed by atoms with Crippen molar-refractivity contribution in [2.75, 3.05) is 12.4 Å². The molecule has 0 radical (unpaired) electrons. The van der Waals surface area contributed by atoms with Crippen molar-refractivity contribution in [2.45, 2.75) is 0 Å². The van der Waals surface area contributed by atoms with E-state index in [4.69, 9.17) is 21.6 Å². The molecule has 1 aromatic carbocycles. The average molecular weight is 289 g/mol. The minimum atomic E-state index is -0.504. The number of nitrogens with one attached hydrogen (secondary N) is 1. The minimum Gasteiger partial charge on any atom is -0.495 e. The van der Waals surface area contributed by atoms with Gasteiger partial charge in [0.15, 0.2) is 10.8 Å². The molecule has 6 nitrogen and oxygen atoms in total. The monoisotopic (exact) mass is 288 g/mol. The minimum absolute atomic E-state index is 0.0872. The van der Waals surface area contributed by atoms with Crippen molar-refractivity contribution in [3.63, 3.8) is 0 Å². The van der Waals surface area contributed by atoms with Crippen LogP contribution < -0.4 is 10.1 Å². The van der Waals surface area contributed by atoms with Crippen LogP contribution in [0.3, 0.4) is 0 Å². The number of para-hydroxylation sites is 1. The van der Waals surface area contributed by atoms with Gasteiger partial charge in [-0.3, -0.25) is 4.79 Å². The Labute approximate surface area is 120 Å². The number of hydrogen-bond acceptors (Lipinski definition) is 5. The number of anilines is 1. The van der Waals surface area contributed by atoms with Crippen LogP contribution in [-0.4, -0.2) is 23.2 Å². The molecule has 0 saturated carbocycles. The fourth-order valence-electron chi connectivity index (χ4n) is 1.54. The first kappa shape index (κ1) is 13.8. The Morgan fingerprint density at radius 1 is 1.35 bits per heavy atom. The van der Waals surface area contributed by atoms with E-state index in [1.54, 1.807) is 18.2 Å². The molecular weight excluding hydrogens is 280 g/mol. The maximum absolute atomic E-state index is 12.0. The lowest BCUT2D eigenvalue weighted by atomic mass is 10.1. The molecule has 1 amide bonds. The number of halogens is 1. The average Bonchev–Trinajstić information content (AvgIpc) is 2.48. The van der Waals surface area contributed by atoms with E-state index in [0.29, 0.717) is 17.0 Å². The second kappa shape index (κ2) is 5.99. The summed E-state index contributed by atoms with van der Waals surface area (Å²) in [6, 6.07) is 9.76. The van der Waals surface area contributed by atoms with E-state index in [-0.39, 0.29) is 10.8 Å².